The molecule has 0 N–H and O–H groups in total. The Balaban J connectivity index is 1.71. The number of thioether (sulfide) groups is 1. The van der Waals surface area contributed by atoms with E-state index in [1.54, 1.807) is 6.07 Å². The van der Waals surface area contributed by atoms with E-state index in [0.29, 0.717) is 5.75 Å². The molecule has 2 aromatic heterocycles. The Bertz CT molecular complexity index is 1160. The van der Waals surface area contributed by atoms with Crippen molar-refractivity contribution >= 4 is 17.7 Å². The summed E-state index contributed by atoms with van der Waals surface area (Å²) in [7, 11) is 1.34. The zero-order valence-corrected chi connectivity index (χ0v) is 17.8. The third kappa shape index (κ3) is 4.02. The normalized spacial score (nSPS) is 10.9. The van der Waals surface area contributed by atoms with Crippen molar-refractivity contribution in [2.45, 2.75) is 24.8 Å². The summed E-state index contributed by atoms with van der Waals surface area (Å²) in [6.45, 7) is 4.11. The standard InChI is InChI=1S/C23H21N3O3S/c1-15-4-8-17(9-5-15)21-24-25-23(26(21)19-10-6-16(2)7-11-19)30-14-18-12-13-29-20(18)22(27)28-3/h4-13H,14H2,1-3H3. The van der Waals surface area contributed by atoms with Crippen LogP contribution in [-0.2, 0) is 10.5 Å². The summed E-state index contributed by atoms with van der Waals surface area (Å²) < 4.78 is 12.1. The lowest BCUT2D eigenvalue weighted by molar-refractivity contribution is 0.0564. The summed E-state index contributed by atoms with van der Waals surface area (Å²) in [5, 5.41) is 9.63. The topological polar surface area (TPSA) is 70.2 Å². The zero-order chi connectivity index (χ0) is 21.1. The van der Waals surface area contributed by atoms with Gasteiger partial charge in [0.05, 0.1) is 13.4 Å². The summed E-state index contributed by atoms with van der Waals surface area (Å²) in [4.78, 5) is 11.9. The first-order valence-electron chi connectivity index (χ1n) is 9.44. The highest BCUT2D eigenvalue weighted by atomic mass is 32.2. The van der Waals surface area contributed by atoms with E-state index in [1.165, 1.54) is 36.3 Å². The molecule has 0 aliphatic carbocycles. The third-order valence-electron chi connectivity index (χ3n) is 4.71. The highest BCUT2D eigenvalue weighted by Crippen LogP contribution is 2.31. The lowest BCUT2D eigenvalue weighted by atomic mass is 10.1. The molecule has 30 heavy (non-hydrogen) atoms. The van der Waals surface area contributed by atoms with Gasteiger partial charge in [-0.3, -0.25) is 4.57 Å². The van der Waals surface area contributed by atoms with Gasteiger partial charge in [0.25, 0.3) is 0 Å². The average Bonchev–Trinajstić information content (AvgIpc) is 3.40. The van der Waals surface area contributed by atoms with Crippen molar-refractivity contribution in [2.75, 3.05) is 7.11 Å². The van der Waals surface area contributed by atoms with Crippen LogP contribution in [0, 0.1) is 13.8 Å². The number of methoxy groups -OCH3 is 1. The Kier molecular flexibility index (Phi) is 5.72. The molecular formula is C23H21N3O3S. The molecule has 2 aromatic carbocycles. The van der Waals surface area contributed by atoms with Gasteiger partial charge in [0.15, 0.2) is 11.0 Å². The number of aryl methyl sites for hydroxylation is 2. The van der Waals surface area contributed by atoms with Crippen LogP contribution in [0.25, 0.3) is 17.1 Å². The van der Waals surface area contributed by atoms with E-state index in [2.05, 4.69) is 60.4 Å². The SMILES string of the molecule is COC(=O)c1occc1CSc1nnc(-c2ccc(C)cc2)n1-c1ccc(C)cc1. The second kappa shape index (κ2) is 8.59. The van der Waals surface area contributed by atoms with Gasteiger partial charge in [-0.05, 0) is 32.0 Å². The van der Waals surface area contributed by atoms with E-state index in [4.69, 9.17) is 9.15 Å². The van der Waals surface area contributed by atoms with Crippen molar-refractivity contribution < 1.29 is 13.9 Å². The highest BCUT2D eigenvalue weighted by molar-refractivity contribution is 7.98. The van der Waals surface area contributed by atoms with E-state index in [0.717, 1.165) is 27.8 Å². The van der Waals surface area contributed by atoms with Crippen LogP contribution in [0.2, 0.25) is 0 Å². The van der Waals surface area contributed by atoms with Crippen molar-refractivity contribution in [2.24, 2.45) is 0 Å². The molecule has 0 aliphatic rings. The molecule has 152 valence electrons. The van der Waals surface area contributed by atoms with Crippen molar-refractivity contribution in [3.63, 3.8) is 0 Å². The molecule has 0 amide bonds. The molecule has 0 saturated heterocycles. The second-order valence-electron chi connectivity index (χ2n) is 6.90. The number of furan rings is 1. The summed E-state index contributed by atoms with van der Waals surface area (Å²) in [5.74, 6) is 0.988. The Morgan fingerprint density at radius 2 is 1.67 bits per heavy atom. The summed E-state index contributed by atoms with van der Waals surface area (Å²) >= 11 is 1.49. The number of esters is 1. The minimum absolute atomic E-state index is 0.213. The predicted molar refractivity (Wildman–Crippen MR) is 116 cm³/mol. The van der Waals surface area contributed by atoms with Crippen LogP contribution in [0.4, 0.5) is 0 Å². The maximum absolute atomic E-state index is 11.9. The van der Waals surface area contributed by atoms with E-state index >= 15 is 0 Å². The van der Waals surface area contributed by atoms with Crippen LogP contribution in [0.5, 0.6) is 0 Å². The first kappa shape index (κ1) is 20.0. The lowest BCUT2D eigenvalue weighted by Crippen LogP contribution is -2.03. The first-order chi connectivity index (χ1) is 14.6. The fraction of sp³-hybridized carbons (Fsp3) is 0.174. The van der Waals surface area contributed by atoms with E-state index in [-0.39, 0.29) is 5.76 Å². The second-order valence-corrected chi connectivity index (χ2v) is 7.84. The highest BCUT2D eigenvalue weighted by Gasteiger charge is 2.20. The van der Waals surface area contributed by atoms with Crippen molar-refractivity contribution in [1.82, 2.24) is 14.8 Å². The maximum atomic E-state index is 11.9. The number of hydrogen-bond acceptors (Lipinski definition) is 6. The fourth-order valence-electron chi connectivity index (χ4n) is 3.04. The number of carbonyl (C=O) groups excluding carboxylic acids is 1. The Hall–Kier alpha value is -3.32. The number of hydrogen-bond donors (Lipinski definition) is 0. The minimum Gasteiger partial charge on any atom is -0.463 e. The van der Waals surface area contributed by atoms with E-state index in [1.807, 2.05) is 16.7 Å². The third-order valence-corrected chi connectivity index (χ3v) is 5.69. The van der Waals surface area contributed by atoms with Crippen molar-refractivity contribution in [1.29, 1.82) is 0 Å². The van der Waals surface area contributed by atoms with Crippen LogP contribution in [0.15, 0.2) is 70.4 Å². The molecule has 0 radical (unpaired) electrons. The zero-order valence-electron chi connectivity index (χ0n) is 17.0. The van der Waals surface area contributed by atoms with E-state index < -0.39 is 5.97 Å². The monoisotopic (exact) mass is 419 g/mol. The van der Waals surface area contributed by atoms with Crippen LogP contribution in [-0.4, -0.2) is 27.8 Å². The van der Waals surface area contributed by atoms with Crippen LogP contribution in [0.1, 0.15) is 27.2 Å². The van der Waals surface area contributed by atoms with E-state index in [9.17, 15) is 4.79 Å². The van der Waals surface area contributed by atoms with Gasteiger partial charge in [0.1, 0.15) is 0 Å². The van der Waals surface area contributed by atoms with Gasteiger partial charge in [-0.1, -0.05) is 59.3 Å². The number of benzene rings is 2. The lowest BCUT2D eigenvalue weighted by Gasteiger charge is -2.11. The minimum atomic E-state index is -0.490. The summed E-state index contributed by atoms with van der Waals surface area (Å²) in [5.41, 5.74) is 5.08. The summed E-state index contributed by atoms with van der Waals surface area (Å²) in [6.07, 6.45) is 1.49. The molecular weight excluding hydrogens is 398 g/mol. The maximum Gasteiger partial charge on any atom is 0.374 e. The van der Waals surface area contributed by atoms with Crippen LogP contribution in [0.3, 0.4) is 0 Å². The molecule has 6 nitrogen and oxygen atoms in total. The molecule has 7 heteroatoms. The Morgan fingerprint density at radius 1 is 1.00 bits per heavy atom. The number of carbonyl (C=O) groups is 1. The predicted octanol–water partition coefficient (Wildman–Crippen LogP) is 5.22. The van der Waals surface area contributed by atoms with Gasteiger partial charge in [-0.25, -0.2) is 4.79 Å². The molecule has 4 rings (SSSR count). The van der Waals surface area contributed by atoms with Gasteiger partial charge in [0.2, 0.25) is 5.76 Å². The largest absolute Gasteiger partial charge is 0.463 e. The molecule has 4 aromatic rings. The number of ether oxygens (including phenoxy) is 1. The summed E-state index contributed by atoms with van der Waals surface area (Å²) in [6, 6.07) is 18.2. The smallest absolute Gasteiger partial charge is 0.374 e. The Morgan fingerprint density at radius 3 is 2.33 bits per heavy atom. The Labute approximate surface area is 178 Å². The molecule has 0 fully saturated rings. The molecule has 0 saturated carbocycles. The van der Waals surface area contributed by atoms with Gasteiger partial charge >= 0.3 is 5.97 Å². The average molecular weight is 420 g/mol. The molecule has 0 unspecified atom stereocenters. The quantitative estimate of drug-likeness (QED) is 0.315. The number of aromatic nitrogens is 3. The van der Waals surface area contributed by atoms with Crippen LogP contribution >= 0.6 is 11.8 Å². The molecule has 0 spiro atoms. The molecule has 0 bridgehead atoms. The first-order valence-corrected chi connectivity index (χ1v) is 10.4. The molecule has 2 heterocycles. The molecule has 0 atom stereocenters. The van der Waals surface area contributed by atoms with Gasteiger partial charge in [-0.15, -0.1) is 10.2 Å². The molecule has 0 aliphatic heterocycles. The number of nitrogens with zero attached hydrogens (tertiary/aromatic N) is 3. The van der Waals surface area contributed by atoms with Gasteiger partial charge in [0, 0.05) is 22.6 Å². The van der Waals surface area contributed by atoms with Crippen LogP contribution < -0.4 is 0 Å². The van der Waals surface area contributed by atoms with Crippen molar-refractivity contribution in [3.8, 4) is 17.1 Å². The fourth-order valence-corrected chi connectivity index (χ4v) is 3.97. The number of rotatable bonds is 6. The van der Waals surface area contributed by atoms with Gasteiger partial charge < -0.3 is 9.15 Å². The van der Waals surface area contributed by atoms with Gasteiger partial charge in [-0.2, -0.15) is 0 Å². The van der Waals surface area contributed by atoms with Crippen molar-refractivity contribution in [3.05, 3.63) is 83.3 Å².